The molecule has 2 amide bonds. The summed E-state index contributed by atoms with van der Waals surface area (Å²) in [5.74, 6) is -1.39. The number of amides is 2. The fraction of sp³-hybridized carbons (Fsp3) is 0.133. The van der Waals surface area contributed by atoms with Gasteiger partial charge in [0.2, 0.25) is 5.76 Å². The third-order valence-corrected chi connectivity index (χ3v) is 2.71. The Morgan fingerprint density at radius 1 is 1.14 bits per heavy atom. The smallest absolute Gasteiger partial charge is 0.374 e. The first-order chi connectivity index (χ1) is 10.6. The van der Waals surface area contributed by atoms with Crippen molar-refractivity contribution in [1.29, 1.82) is 0 Å². The van der Waals surface area contributed by atoms with E-state index in [0.29, 0.717) is 11.3 Å². The highest BCUT2D eigenvalue weighted by Gasteiger charge is 2.12. The number of rotatable bonds is 5. The van der Waals surface area contributed by atoms with Crippen LogP contribution in [0.5, 0.6) is 0 Å². The maximum absolute atomic E-state index is 11.7. The Labute approximate surface area is 126 Å². The first-order valence-electron chi connectivity index (χ1n) is 6.43. The van der Waals surface area contributed by atoms with E-state index in [9.17, 15) is 14.4 Å². The number of ether oxygens (including phenoxy) is 1. The van der Waals surface area contributed by atoms with E-state index in [4.69, 9.17) is 9.15 Å². The van der Waals surface area contributed by atoms with Crippen LogP contribution in [-0.2, 0) is 9.53 Å². The minimum atomic E-state index is -0.713. The molecule has 7 nitrogen and oxygen atoms in total. The van der Waals surface area contributed by atoms with E-state index >= 15 is 0 Å². The second-order valence-electron chi connectivity index (χ2n) is 4.26. The van der Waals surface area contributed by atoms with Gasteiger partial charge >= 0.3 is 5.97 Å². The Hall–Kier alpha value is -3.09. The molecule has 114 valence electrons. The van der Waals surface area contributed by atoms with Gasteiger partial charge in [0.15, 0.2) is 6.61 Å². The Morgan fingerprint density at radius 2 is 1.86 bits per heavy atom. The zero-order chi connectivity index (χ0) is 15.9. The van der Waals surface area contributed by atoms with Gasteiger partial charge in [-0.15, -0.1) is 0 Å². The molecule has 22 heavy (non-hydrogen) atoms. The normalized spacial score (nSPS) is 9.86. The molecular weight excluding hydrogens is 288 g/mol. The standard InChI is InChI=1S/C15H14N2O5/c1-16-14(19)10-4-6-11(7-5-10)17-13(18)9-22-15(20)12-3-2-8-21-12/h2-8H,9H2,1H3,(H,16,19)(H,17,18). The number of anilines is 1. The Bertz CT molecular complexity index is 662. The number of esters is 1. The molecule has 2 rings (SSSR count). The maximum atomic E-state index is 11.7. The monoisotopic (exact) mass is 302 g/mol. The number of hydrogen-bond donors (Lipinski definition) is 2. The molecule has 0 radical (unpaired) electrons. The molecule has 0 unspecified atom stereocenters. The molecule has 7 heteroatoms. The predicted octanol–water partition coefficient (Wildman–Crippen LogP) is 1.43. The van der Waals surface area contributed by atoms with Crippen molar-refractivity contribution in [3.8, 4) is 0 Å². The van der Waals surface area contributed by atoms with Gasteiger partial charge in [-0.05, 0) is 36.4 Å². The summed E-state index contributed by atoms with van der Waals surface area (Å²) in [6.07, 6.45) is 1.34. The fourth-order valence-corrected chi connectivity index (χ4v) is 1.64. The van der Waals surface area contributed by atoms with Gasteiger partial charge in [-0.3, -0.25) is 9.59 Å². The van der Waals surface area contributed by atoms with E-state index in [0.717, 1.165) is 0 Å². The summed E-state index contributed by atoms with van der Waals surface area (Å²) in [5.41, 5.74) is 0.969. The zero-order valence-corrected chi connectivity index (χ0v) is 11.8. The largest absolute Gasteiger partial charge is 0.457 e. The van der Waals surface area contributed by atoms with Gasteiger partial charge in [-0.25, -0.2) is 4.79 Å². The van der Waals surface area contributed by atoms with E-state index in [1.165, 1.54) is 19.4 Å². The first kappa shape index (κ1) is 15.3. The van der Waals surface area contributed by atoms with Crippen molar-refractivity contribution in [2.24, 2.45) is 0 Å². The van der Waals surface area contributed by atoms with Crippen LogP contribution in [0.4, 0.5) is 5.69 Å². The summed E-state index contributed by atoms with van der Waals surface area (Å²) in [5, 5.41) is 5.04. The molecule has 0 bridgehead atoms. The number of hydrogen-bond acceptors (Lipinski definition) is 5. The second-order valence-corrected chi connectivity index (χ2v) is 4.26. The minimum Gasteiger partial charge on any atom is -0.457 e. The van der Waals surface area contributed by atoms with E-state index in [1.54, 1.807) is 30.3 Å². The van der Waals surface area contributed by atoms with Crippen molar-refractivity contribution in [2.45, 2.75) is 0 Å². The van der Waals surface area contributed by atoms with Gasteiger partial charge < -0.3 is 19.8 Å². The average molecular weight is 302 g/mol. The van der Waals surface area contributed by atoms with Crippen LogP contribution in [-0.4, -0.2) is 31.4 Å². The van der Waals surface area contributed by atoms with Crippen LogP contribution >= 0.6 is 0 Å². The lowest BCUT2D eigenvalue weighted by atomic mass is 10.2. The first-order valence-corrected chi connectivity index (χ1v) is 6.43. The number of nitrogens with one attached hydrogen (secondary N) is 2. The van der Waals surface area contributed by atoms with Crippen molar-refractivity contribution in [3.63, 3.8) is 0 Å². The van der Waals surface area contributed by atoms with Crippen LogP contribution in [0.15, 0.2) is 47.1 Å². The van der Waals surface area contributed by atoms with Crippen molar-refractivity contribution >= 4 is 23.5 Å². The van der Waals surface area contributed by atoms with Gasteiger partial charge in [0.05, 0.1) is 6.26 Å². The van der Waals surface area contributed by atoms with Crippen LogP contribution in [0.3, 0.4) is 0 Å². The summed E-state index contributed by atoms with van der Waals surface area (Å²) in [7, 11) is 1.53. The lowest BCUT2D eigenvalue weighted by Gasteiger charge is -2.06. The highest BCUT2D eigenvalue weighted by molar-refractivity contribution is 5.96. The summed E-state index contributed by atoms with van der Waals surface area (Å²) < 4.78 is 9.64. The molecule has 0 aliphatic rings. The Morgan fingerprint density at radius 3 is 2.45 bits per heavy atom. The number of benzene rings is 1. The lowest BCUT2D eigenvalue weighted by Crippen LogP contribution is -2.21. The molecule has 0 fully saturated rings. The van der Waals surface area contributed by atoms with Crippen LogP contribution in [0, 0.1) is 0 Å². The average Bonchev–Trinajstić information content (AvgIpc) is 3.07. The highest BCUT2D eigenvalue weighted by Crippen LogP contribution is 2.09. The van der Waals surface area contributed by atoms with Gasteiger partial charge in [0.1, 0.15) is 0 Å². The third kappa shape index (κ3) is 3.95. The molecule has 1 aromatic carbocycles. The minimum absolute atomic E-state index is 0.0303. The molecule has 0 spiro atoms. The molecule has 0 aliphatic carbocycles. The van der Waals surface area contributed by atoms with E-state index < -0.39 is 18.5 Å². The van der Waals surface area contributed by atoms with Crippen LogP contribution in [0.2, 0.25) is 0 Å². The quantitative estimate of drug-likeness (QED) is 0.814. The van der Waals surface area contributed by atoms with E-state index in [-0.39, 0.29) is 11.7 Å². The third-order valence-electron chi connectivity index (χ3n) is 2.71. The molecule has 0 saturated carbocycles. The van der Waals surface area contributed by atoms with Crippen molar-refractivity contribution in [2.75, 3.05) is 19.0 Å². The summed E-state index contributed by atoms with van der Waals surface area (Å²) >= 11 is 0. The Balaban J connectivity index is 1.84. The maximum Gasteiger partial charge on any atom is 0.374 e. The fourth-order valence-electron chi connectivity index (χ4n) is 1.64. The molecule has 2 N–H and O–H groups in total. The van der Waals surface area contributed by atoms with Crippen LogP contribution in [0.1, 0.15) is 20.9 Å². The molecule has 0 aliphatic heterocycles. The van der Waals surface area contributed by atoms with Crippen molar-refractivity contribution in [1.82, 2.24) is 5.32 Å². The van der Waals surface area contributed by atoms with Crippen LogP contribution < -0.4 is 10.6 Å². The predicted molar refractivity (Wildman–Crippen MR) is 77.5 cm³/mol. The summed E-state index contributed by atoms with van der Waals surface area (Å²) in [4.78, 5) is 34.5. The molecule has 1 heterocycles. The van der Waals surface area contributed by atoms with Crippen LogP contribution in [0.25, 0.3) is 0 Å². The highest BCUT2D eigenvalue weighted by atomic mass is 16.5. The van der Waals surface area contributed by atoms with Gasteiger partial charge in [0.25, 0.3) is 11.8 Å². The SMILES string of the molecule is CNC(=O)c1ccc(NC(=O)COC(=O)c2ccco2)cc1. The zero-order valence-electron chi connectivity index (χ0n) is 11.8. The Kier molecular flexibility index (Phi) is 4.92. The second kappa shape index (κ2) is 7.07. The van der Waals surface area contributed by atoms with E-state index in [2.05, 4.69) is 10.6 Å². The number of furan rings is 1. The molecule has 1 aromatic heterocycles. The number of carbonyl (C=O) groups excluding carboxylic acids is 3. The summed E-state index contributed by atoms with van der Waals surface area (Å²) in [6, 6.07) is 9.29. The molecule has 0 atom stereocenters. The van der Waals surface area contributed by atoms with Gasteiger partial charge in [-0.1, -0.05) is 0 Å². The van der Waals surface area contributed by atoms with Gasteiger partial charge in [-0.2, -0.15) is 0 Å². The molecule has 0 saturated heterocycles. The summed E-state index contributed by atoms with van der Waals surface area (Å²) in [6.45, 7) is -0.434. The topological polar surface area (TPSA) is 97.6 Å². The van der Waals surface area contributed by atoms with Crippen molar-refractivity contribution in [3.05, 3.63) is 54.0 Å². The van der Waals surface area contributed by atoms with Crippen molar-refractivity contribution < 1.29 is 23.5 Å². The number of carbonyl (C=O) groups is 3. The lowest BCUT2D eigenvalue weighted by molar-refractivity contribution is -0.119. The molecule has 2 aromatic rings. The molecular formula is C15H14N2O5. The van der Waals surface area contributed by atoms with Gasteiger partial charge in [0, 0.05) is 18.3 Å². The van der Waals surface area contributed by atoms with E-state index in [1.807, 2.05) is 0 Å².